The predicted octanol–water partition coefficient (Wildman–Crippen LogP) is 2.98. The highest BCUT2D eigenvalue weighted by Gasteiger charge is 2.41. The largest absolute Gasteiger partial charge is 0.315 e. The number of aryl methyl sites for hydroxylation is 1. The first kappa shape index (κ1) is 16.9. The summed E-state index contributed by atoms with van der Waals surface area (Å²) in [5.41, 5.74) is 0.171. The van der Waals surface area contributed by atoms with Crippen LogP contribution in [-0.2, 0) is 16.6 Å². The summed E-state index contributed by atoms with van der Waals surface area (Å²) in [5.74, 6) is 0. The second-order valence-corrected chi connectivity index (χ2v) is 9.21. The number of hydrogen-bond donors (Lipinski definition) is 1. The van der Waals surface area contributed by atoms with Gasteiger partial charge in [-0.1, -0.05) is 13.8 Å². The summed E-state index contributed by atoms with van der Waals surface area (Å²) in [7, 11) is -1.47. The monoisotopic (exact) mass is 330 g/mol. The Kier molecular flexibility index (Phi) is 5.13. The van der Waals surface area contributed by atoms with Gasteiger partial charge in [0.15, 0.2) is 0 Å². The number of sulfonamides is 1. The zero-order valence-electron chi connectivity index (χ0n) is 13.4. The lowest BCUT2D eigenvalue weighted by Crippen LogP contribution is -2.32. The van der Waals surface area contributed by atoms with Crippen LogP contribution in [0, 0.1) is 12.3 Å². The molecule has 2 rings (SSSR count). The lowest BCUT2D eigenvalue weighted by atomic mass is 9.82. The van der Waals surface area contributed by atoms with Crippen LogP contribution in [0.25, 0.3) is 0 Å². The molecule has 1 aliphatic rings. The van der Waals surface area contributed by atoms with Gasteiger partial charge in [-0.3, -0.25) is 0 Å². The number of nitrogens with one attached hydrogen (secondary N) is 1. The first-order chi connectivity index (χ1) is 9.88. The van der Waals surface area contributed by atoms with Crippen molar-refractivity contribution in [2.75, 3.05) is 20.1 Å². The predicted molar refractivity (Wildman–Crippen MR) is 88.2 cm³/mol. The minimum atomic E-state index is -3.34. The Morgan fingerprint density at radius 3 is 2.57 bits per heavy atom. The van der Waals surface area contributed by atoms with Gasteiger partial charge in [0.25, 0.3) is 0 Å². The van der Waals surface area contributed by atoms with Crippen LogP contribution in [-0.4, -0.2) is 32.9 Å². The van der Waals surface area contributed by atoms with Gasteiger partial charge in [-0.2, -0.15) is 4.31 Å². The van der Waals surface area contributed by atoms with Crippen molar-refractivity contribution in [2.24, 2.45) is 5.41 Å². The number of rotatable bonds is 6. The van der Waals surface area contributed by atoms with Gasteiger partial charge in [0.1, 0.15) is 0 Å². The normalized spacial score (nSPS) is 19.2. The van der Waals surface area contributed by atoms with E-state index in [1.165, 1.54) is 0 Å². The van der Waals surface area contributed by atoms with E-state index in [-0.39, 0.29) is 5.41 Å². The summed E-state index contributed by atoms with van der Waals surface area (Å²) in [4.78, 5) is 2.47. The molecule has 2 heterocycles. The second kappa shape index (κ2) is 6.36. The fourth-order valence-electron chi connectivity index (χ4n) is 3.11. The maximum absolute atomic E-state index is 12.9. The Labute approximate surface area is 132 Å². The first-order valence-corrected chi connectivity index (χ1v) is 9.88. The van der Waals surface area contributed by atoms with E-state index in [0.717, 1.165) is 35.6 Å². The fraction of sp³-hybridized carbons (Fsp3) is 0.733. The zero-order valence-corrected chi connectivity index (χ0v) is 15.0. The standard InChI is InChI=1S/C15H26N2O2S2/c1-5-15(6-2)7-8-17(11-15)21(18,19)14-9-13(10-16-4)20-12(14)3/h9,16H,5-8,10-11H2,1-4H3. The van der Waals surface area contributed by atoms with Crippen LogP contribution >= 0.6 is 11.3 Å². The summed E-state index contributed by atoms with van der Waals surface area (Å²) in [6, 6.07) is 1.84. The molecule has 0 aliphatic carbocycles. The molecule has 0 radical (unpaired) electrons. The van der Waals surface area contributed by atoms with Crippen molar-refractivity contribution in [3.8, 4) is 0 Å². The lowest BCUT2D eigenvalue weighted by molar-refractivity contribution is 0.279. The van der Waals surface area contributed by atoms with Gasteiger partial charge < -0.3 is 5.32 Å². The molecular formula is C15H26N2O2S2. The van der Waals surface area contributed by atoms with Gasteiger partial charge in [-0.15, -0.1) is 11.3 Å². The van der Waals surface area contributed by atoms with Crippen molar-refractivity contribution in [3.05, 3.63) is 15.8 Å². The van der Waals surface area contributed by atoms with Crippen molar-refractivity contribution < 1.29 is 8.42 Å². The molecule has 1 aromatic heterocycles. The SMILES string of the molecule is CCC1(CC)CCN(S(=O)(=O)c2cc(CNC)sc2C)C1. The van der Waals surface area contributed by atoms with Gasteiger partial charge in [-0.25, -0.2) is 8.42 Å². The van der Waals surface area contributed by atoms with Gasteiger partial charge >= 0.3 is 0 Å². The molecule has 1 aliphatic heterocycles. The van der Waals surface area contributed by atoms with Crippen LogP contribution in [0.3, 0.4) is 0 Å². The van der Waals surface area contributed by atoms with Crippen LogP contribution in [0.15, 0.2) is 11.0 Å². The smallest absolute Gasteiger partial charge is 0.244 e. The van der Waals surface area contributed by atoms with Crippen LogP contribution in [0.2, 0.25) is 0 Å². The first-order valence-electron chi connectivity index (χ1n) is 7.62. The summed E-state index contributed by atoms with van der Waals surface area (Å²) >= 11 is 1.57. The molecule has 1 fully saturated rings. The molecule has 0 unspecified atom stereocenters. The Balaban J connectivity index is 2.27. The molecule has 0 spiro atoms. The summed E-state index contributed by atoms with van der Waals surface area (Å²) in [6.07, 6.45) is 3.07. The maximum Gasteiger partial charge on any atom is 0.244 e. The van der Waals surface area contributed by atoms with Crippen LogP contribution in [0.5, 0.6) is 0 Å². The van der Waals surface area contributed by atoms with E-state index in [9.17, 15) is 8.42 Å². The molecule has 1 saturated heterocycles. The van der Waals surface area contributed by atoms with E-state index in [0.29, 0.717) is 18.0 Å². The molecule has 0 saturated carbocycles. The number of thiophene rings is 1. The van der Waals surface area contributed by atoms with E-state index in [4.69, 9.17) is 0 Å². The molecule has 0 bridgehead atoms. The molecule has 4 nitrogen and oxygen atoms in total. The van der Waals surface area contributed by atoms with Crippen molar-refractivity contribution in [3.63, 3.8) is 0 Å². The molecule has 1 N–H and O–H groups in total. The minimum absolute atomic E-state index is 0.171. The zero-order chi connectivity index (χ0) is 15.7. The second-order valence-electron chi connectivity index (χ2n) is 5.96. The Bertz CT molecular complexity index is 589. The Morgan fingerprint density at radius 1 is 1.38 bits per heavy atom. The van der Waals surface area contributed by atoms with Crippen LogP contribution in [0.4, 0.5) is 0 Å². The molecule has 21 heavy (non-hydrogen) atoms. The van der Waals surface area contributed by atoms with Crippen molar-refractivity contribution >= 4 is 21.4 Å². The molecule has 1 aromatic rings. The molecule has 0 amide bonds. The highest BCUT2D eigenvalue weighted by Crippen LogP contribution is 2.40. The van der Waals surface area contributed by atoms with Crippen LogP contribution in [0.1, 0.15) is 42.9 Å². The highest BCUT2D eigenvalue weighted by molar-refractivity contribution is 7.89. The number of hydrogen-bond acceptors (Lipinski definition) is 4. The van der Waals surface area contributed by atoms with Crippen molar-refractivity contribution in [2.45, 2.75) is 51.5 Å². The van der Waals surface area contributed by atoms with Crippen molar-refractivity contribution in [1.29, 1.82) is 0 Å². The van der Waals surface area contributed by atoms with E-state index >= 15 is 0 Å². The van der Waals surface area contributed by atoms with Gasteiger partial charge in [0.05, 0.1) is 4.90 Å². The summed E-state index contributed by atoms with van der Waals surface area (Å²) in [6.45, 7) is 8.27. The average molecular weight is 331 g/mol. The molecule has 6 heteroatoms. The maximum atomic E-state index is 12.9. The van der Waals surface area contributed by atoms with E-state index in [1.807, 2.05) is 20.0 Å². The molecule has 0 atom stereocenters. The minimum Gasteiger partial charge on any atom is -0.315 e. The fourth-order valence-corrected chi connectivity index (χ4v) is 6.28. The average Bonchev–Trinajstić information content (AvgIpc) is 3.04. The Morgan fingerprint density at radius 2 is 2.05 bits per heavy atom. The quantitative estimate of drug-likeness (QED) is 0.872. The molecular weight excluding hydrogens is 304 g/mol. The third-order valence-corrected chi connectivity index (χ3v) is 7.95. The summed E-state index contributed by atoms with van der Waals surface area (Å²) in [5, 5.41) is 3.08. The molecule has 0 aromatic carbocycles. The molecule has 120 valence electrons. The van der Waals surface area contributed by atoms with E-state index in [1.54, 1.807) is 15.6 Å². The van der Waals surface area contributed by atoms with E-state index in [2.05, 4.69) is 19.2 Å². The van der Waals surface area contributed by atoms with Gasteiger partial charge in [0, 0.05) is 29.4 Å². The Hall–Kier alpha value is -0.430. The third kappa shape index (κ3) is 3.18. The van der Waals surface area contributed by atoms with E-state index < -0.39 is 10.0 Å². The summed E-state index contributed by atoms with van der Waals surface area (Å²) < 4.78 is 27.5. The van der Waals surface area contributed by atoms with Crippen LogP contribution < -0.4 is 5.32 Å². The van der Waals surface area contributed by atoms with Gasteiger partial charge in [-0.05, 0) is 44.7 Å². The lowest BCUT2D eigenvalue weighted by Gasteiger charge is -2.26. The number of nitrogens with zero attached hydrogens (tertiary/aromatic N) is 1. The topological polar surface area (TPSA) is 49.4 Å². The highest BCUT2D eigenvalue weighted by atomic mass is 32.2. The third-order valence-electron chi connectivity index (χ3n) is 4.80. The van der Waals surface area contributed by atoms with Gasteiger partial charge in [0.2, 0.25) is 10.0 Å². The van der Waals surface area contributed by atoms with Crippen molar-refractivity contribution in [1.82, 2.24) is 9.62 Å².